The van der Waals surface area contributed by atoms with Gasteiger partial charge in [-0.3, -0.25) is 0 Å². The van der Waals surface area contributed by atoms with E-state index in [1.165, 1.54) is 11.3 Å². The molecule has 0 fully saturated rings. The highest BCUT2D eigenvalue weighted by Crippen LogP contribution is 2.26. The van der Waals surface area contributed by atoms with Crippen molar-refractivity contribution in [3.05, 3.63) is 23.3 Å². The summed E-state index contributed by atoms with van der Waals surface area (Å²) < 4.78 is 5.41. The van der Waals surface area contributed by atoms with Gasteiger partial charge in [-0.05, 0) is 19.1 Å². The maximum Gasteiger partial charge on any atom is 0.162 e. The molecule has 3 N–H and O–H groups in total. The normalized spacial score (nSPS) is 10.3. The van der Waals surface area contributed by atoms with Crippen LogP contribution < -0.4 is 11.3 Å². The monoisotopic (exact) mass is 195 g/mol. The summed E-state index contributed by atoms with van der Waals surface area (Å²) >= 11 is 1.49. The molecule has 13 heavy (non-hydrogen) atoms. The number of aryl methyl sites for hydroxylation is 1. The third-order valence-electron chi connectivity index (χ3n) is 1.60. The van der Waals surface area contributed by atoms with Gasteiger partial charge in [-0.25, -0.2) is 10.8 Å². The average Bonchev–Trinajstić information content (AvgIpc) is 2.71. The number of hydrogen-bond acceptors (Lipinski definition) is 5. The summed E-state index contributed by atoms with van der Waals surface area (Å²) in [6.07, 6.45) is 0. The zero-order chi connectivity index (χ0) is 9.26. The first-order valence-electron chi connectivity index (χ1n) is 3.78. The molecule has 0 radical (unpaired) electrons. The van der Waals surface area contributed by atoms with Crippen LogP contribution >= 0.6 is 11.3 Å². The van der Waals surface area contributed by atoms with Gasteiger partial charge in [-0.1, -0.05) is 0 Å². The van der Waals surface area contributed by atoms with Crippen molar-refractivity contribution in [2.24, 2.45) is 5.84 Å². The van der Waals surface area contributed by atoms with Crippen molar-refractivity contribution in [2.45, 2.75) is 6.92 Å². The van der Waals surface area contributed by atoms with E-state index in [4.69, 9.17) is 10.3 Å². The molecule has 2 aromatic heterocycles. The van der Waals surface area contributed by atoms with Crippen LogP contribution in [0, 0.1) is 6.92 Å². The number of nitrogen functional groups attached to an aromatic ring is 1. The van der Waals surface area contributed by atoms with Crippen LogP contribution in [0.25, 0.3) is 10.8 Å². The fourth-order valence-corrected chi connectivity index (χ4v) is 1.72. The number of nitrogens with two attached hydrogens (primary N) is 1. The molecule has 0 saturated heterocycles. The lowest BCUT2D eigenvalue weighted by atomic mass is 10.4. The number of anilines is 1. The summed E-state index contributed by atoms with van der Waals surface area (Å²) in [5.41, 5.74) is 2.48. The Labute approximate surface area is 79.4 Å². The predicted molar refractivity (Wildman–Crippen MR) is 52.4 cm³/mol. The van der Waals surface area contributed by atoms with E-state index >= 15 is 0 Å². The highest BCUT2D eigenvalue weighted by atomic mass is 32.1. The number of hydrogen-bond donors (Lipinski definition) is 2. The van der Waals surface area contributed by atoms with Gasteiger partial charge in [0.15, 0.2) is 16.6 Å². The van der Waals surface area contributed by atoms with Gasteiger partial charge in [0.05, 0.1) is 0 Å². The summed E-state index contributed by atoms with van der Waals surface area (Å²) in [7, 11) is 0. The van der Waals surface area contributed by atoms with E-state index in [1.807, 2.05) is 24.4 Å². The second-order valence-electron chi connectivity index (χ2n) is 2.59. The van der Waals surface area contributed by atoms with E-state index in [-0.39, 0.29) is 0 Å². The number of hydrazine groups is 1. The van der Waals surface area contributed by atoms with Crippen molar-refractivity contribution in [1.29, 1.82) is 0 Å². The smallest absolute Gasteiger partial charge is 0.162 e. The van der Waals surface area contributed by atoms with E-state index in [1.54, 1.807) is 0 Å². The van der Waals surface area contributed by atoms with Crippen LogP contribution in [0.4, 0.5) is 5.82 Å². The third kappa shape index (κ3) is 1.56. The largest absolute Gasteiger partial charge is 0.459 e. The molecule has 5 heteroatoms. The molecule has 0 saturated carbocycles. The molecule has 0 aliphatic rings. The number of thiazole rings is 1. The van der Waals surface area contributed by atoms with Crippen LogP contribution in [-0.4, -0.2) is 4.98 Å². The van der Waals surface area contributed by atoms with Gasteiger partial charge >= 0.3 is 0 Å². The van der Waals surface area contributed by atoms with Crippen molar-refractivity contribution in [1.82, 2.24) is 4.98 Å². The minimum Gasteiger partial charge on any atom is -0.459 e. The molecule has 0 unspecified atom stereocenters. The molecule has 0 aliphatic carbocycles. The summed E-state index contributed by atoms with van der Waals surface area (Å²) in [6.45, 7) is 1.90. The topological polar surface area (TPSA) is 64.1 Å². The molecule has 2 rings (SSSR count). The standard InChI is InChI=1S/C8H9N3OS/c1-5-2-3-6(12-5)8-10-7(11-9)4-13-8/h2-4,11H,9H2,1H3. The summed E-state index contributed by atoms with van der Waals surface area (Å²) in [6, 6.07) is 3.81. The highest BCUT2D eigenvalue weighted by molar-refractivity contribution is 7.13. The molecule has 0 spiro atoms. The van der Waals surface area contributed by atoms with Crippen molar-refractivity contribution < 1.29 is 4.42 Å². The number of aromatic nitrogens is 1. The van der Waals surface area contributed by atoms with Crippen LogP contribution in [0.1, 0.15) is 5.76 Å². The van der Waals surface area contributed by atoms with Gasteiger partial charge in [-0.2, -0.15) is 0 Å². The van der Waals surface area contributed by atoms with Gasteiger partial charge in [0.2, 0.25) is 0 Å². The number of nitrogens with zero attached hydrogens (tertiary/aromatic N) is 1. The van der Waals surface area contributed by atoms with E-state index < -0.39 is 0 Å². The first kappa shape index (κ1) is 8.28. The van der Waals surface area contributed by atoms with Gasteiger partial charge < -0.3 is 9.84 Å². The fraction of sp³-hybridized carbons (Fsp3) is 0.125. The summed E-state index contributed by atoms with van der Waals surface area (Å²) in [4.78, 5) is 4.20. The lowest BCUT2D eigenvalue weighted by molar-refractivity contribution is 0.548. The predicted octanol–water partition coefficient (Wildman–Crippen LogP) is 2.00. The van der Waals surface area contributed by atoms with E-state index in [0.29, 0.717) is 5.82 Å². The third-order valence-corrected chi connectivity index (χ3v) is 2.46. The molecule has 0 amide bonds. The highest BCUT2D eigenvalue weighted by Gasteiger charge is 2.06. The Bertz CT molecular complexity index is 407. The van der Waals surface area contributed by atoms with Crippen molar-refractivity contribution in [3.63, 3.8) is 0 Å². The van der Waals surface area contributed by atoms with E-state index in [2.05, 4.69) is 10.4 Å². The Hall–Kier alpha value is -1.33. The Morgan fingerprint density at radius 1 is 1.54 bits per heavy atom. The van der Waals surface area contributed by atoms with Crippen molar-refractivity contribution in [3.8, 4) is 10.8 Å². The van der Waals surface area contributed by atoms with Gasteiger partial charge in [0, 0.05) is 5.38 Å². The minimum atomic E-state index is 0.661. The van der Waals surface area contributed by atoms with Crippen molar-refractivity contribution in [2.75, 3.05) is 5.43 Å². The molecule has 4 nitrogen and oxygen atoms in total. The molecular weight excluding hydrogens is 186 g/mol. The van der Waals surface area contributed by atoms with Gasteiger partial charge in [-0.15, -0.1) is 11.3 Å². The molecule has 68 valence electrons. The first-order chi connectivity index (χ1) is 6.29. The van der Waals surface area contributed by atoms with E-state index in [9.17, 15) is 0 Å². The molecular formula is C8H9N3OS. The molecule has 0 bridgehead atoms. The average molecular weight is 195 g/mol. The van der Waals surface area contributed by atoms with Crippen LogP contribution in [0.5, 0.6) is 0 Å². The lowest BCUT2D eigenvalue weighted by Gasteiger charge is -1.89. The van der Waals surface area contributed by atoms with Crippen LogP contribution in [-0.2, 0) is 0 Å². The molecule has 2 heterocycles. The quantitative estimate of drug-likeness (QED) is 0.568. The summed E-state index contributed by atoms with van der Waals surface area (Å²) in [5.74, 6) is 7.53. The van der Waals surface area contributed by atoms with Crippen LogP contribution in [0.3, 0.4) is 0 Å². The van der Waals surface area contributed by atoms with Gasteiger partial charge in [0.1, 0.15) is 5.76 Å². The van der Waals surface area contributed by atoms with Crippen LogP contribution in [0.15, 0.2) is 21.9 Å². The second kappa shape index (κ2) is 3.20. The lowest BCUT2D eigenvalue weighted by Crippen LogP contribution is -2.06. The molecule has 0 aliphatic heterocycles. The molecule has 0 aromatic carbocycles. The molecule has 0 atom stereocenters. The Balaban J connectivity index is 2.35. The number of rotatable bonds is 2. The van der Waals surface area contributed by atoms with Crippen LogP contribution in [0.2, 0.25) is 0 Å². The van der Waals surface area contributed by atoms with E-state index in [0.717, 1.165) is 16.5 Å². The summed E-state index contributed by atoms with van der Waals surface area (Å²) in [5, 5.41) is 2.67. The Morgan fingerprint density at radius 2 is 2.38 bits per heavy atom. The zero-order valence-corrected chi connectivity index (χ0v) is 7.89. The Morgan fingerprint density at radius 3 is 2.92 bits per heavy atom. The maximum atomic E-state index is 5.41. The number of nitrogens with one attached hydrogen (secondary N) is 1. The zero-order valence-electron chi connectivity index (χ0n) is 7.07. The maximum absolute atomic E-state index is 5.41. The van der Waals surface area contributed by atoms with Gasteiger partial charge in [0.25, 0.3) is 0 Å². The minimum absolute atomic E-state index is 0.661. The second-order valence-corrected chi connectivity index (χ2v) is 3.45. The van der Waals surface area contributed by atoms with Crippen molar-refractivity contribution >= 4 is 17.2 Å². The number of furan rings is 1. The molecule has 2 aromatic rings. The first-order valence-corrected chi connectivity index (χ1v) is 4.66. The SMILES string of the molecule is Cc1ccc(-c2nc(NN)cs2)o1. The fourth-order valence-electron chi connectivity index (χ4n) is 1.00. The Kier molecular flexibility index (Phi) is 2.03.